The molecule has 2 N–H and O–H groups in total. The van der Waals surface area contributed by atoms with E-state index in [1.807, 2.05) is 18.2 Å². The Morgan fingerprint density at radius 2 is 2.00 bits per heavy atom. The van der Waals surface area contributed by atoms with E-state index in [1.54, 1.807) is 24.0 Å². The molecule has 1 aromatic rings. The van der Waals surface area contributed by atoms with Crippen molar-refractivity contribution in [2.45, 2.75) is 31.9 Å². The van der Waals surface area contributed by atoms with Crippen molar-refractivity contribution in [2.24, 2.45) is 5.92 Å². The van der Waals surface area contributed by atoms with Crippen molar-refractivity contribution in [3.05, 3.63) is 35.9 Å². The van der Waals surface area contributed by atoms with Gasteiger partial charge in [0.2, 0.25) is 10.0 Å². The zero-order valence-corrected chi connectivity index (χ0v) is 17.0. The number of amides is 2. The highest BCUT2D eigenvalue weighted by Crippen LogP contribution is 2.16. The van der Waals surface area contributed by atoms with Crippen molar-refractivity contribution in [3.63, 3.8) is 0 Å². The molecule has 0 radical (unpaired) electrons. The fourth-order valence-electron chi connectivity index (χ4n) is 3.12. The van der Waals surface area contributed by atoms with Gasteiger partial charge in [-0.25, -0.2) is 17.9 Å². The lowest BCUT2D eigenvalue weighted by Crippen LogP contribution is -2.48. The fourth-order valence-corrected chi connectivity index (χ4v) is 4.35. The van der Waals surface area contributed by atoms with Crippen LogP contribution in [0.15, 0.2) is 30.3 Å². The maximum atomic E-state index is 12.3. The summed E-state index contributed by atoms with van der Waals surface area (Å²) in [6, 6.07) is 8.79. The van der Waals surface area contributed by atoms with Crippen LogP contribution in [0.2, 0.25) is 0 Å². The van der Waals surface area contributed by atoms with Crippen LogP contribution < -0.4 is 10.0 Å². The van der Waals surface area contributed by atoms with Gasteiger partial charge in [0.15, 0.2) is 0 Å². The monoisotopic (exact) mass is 411 g/mol. The molecule has 1 atom stereocenters. The molecular weight excluding hydrogens is 382 g/mol. The Balaban J connectivity index is 1.74. The third-order valence-corrected chi connectivity index (χ3v) is 5.83. The highest BCUT2D eigenvalue weighted by molar-refractivity contribution is 7.88. The Morgan fingerprint density at radius 3 is 2.71 bits per heavy atom. The molecule has 2 rings (SSSR count). The number of likely N-dealkylation sites (tertiary alicyclic amines) is 1. The predicted molar refractivity (Wildman–Crippen MR) is 106 cm³/mol. The van der Waals surface area contributed by atoms with Gasteiger partial charge in [-0.1, -0.05) is 30.3 Å². The number of rotatable bonds is 9. The molecule has 28 heavy (non-hydrogen) atoms. The van der Waals surface area contributed by atoms with Crippen LogP contribution in [0, 0.1) is 5.92 Å². The zero-order valence-electron chi connectivity index (χ0n) is 16.2. The summed E-state index contributed by atoms with van der Waals surface area (Å²) < 4.78 is 32.0. The van der Waals surface area contributed by atoms with Crippen LogP contribution in [0.3, 0.4) is 0 Å². The SMILES string of the molecule is CCOC(=O)CCNC(=O)N1CCC[C@H](CNS(=O)(=O)Cc2ccccc2)C1. The fraction of sp³-hybridized carbons (Fsp3) is 0.579. The molecule has 8 nitrogen and oxygen atoms in total. The second kappa shape index (κ2) is 11.0. The number of nitrogens with zero attached hydrogens (tertiary/aromatic N) is 1. The standard InChI is InChI=1S/C19H29N3O5S/c1-2-27-18(23)10-11-20-19(24)22-12-6-9-17(14-22)13-21-28(25,26)15-16-7-4-3-5-8-16/h3-5,7-8,17,21H,2,6,9-15H2,1H3,(H,20,24)/t17-/m1/s1. The number of carbonyl (C=O) groups excluding carboxylic acids is 2. The van der Waals surface area contributed by atoms with Crippen LogP contribution in [-0.2, 0) is 25.3 Å². The largest absolute Gasteiger partial charge is 0.466 e. The summed E-state index contributed by atoms with van der Waals surface area (Å²) in [5.41, 5.74) is 0.737. The molecule has 0 aromatic heterocycles. The number of hydrogen-bond donors (Lipinski definition) is 2. The number of ether oxygens (including phenoxy) is 1. The number of nitrogens with one attached hydrogen (secondary N) is 2. The molecule has 156 valence electrons. The van der Waals surface area contributed by atoms with Crippen molar-refractivity contribution < 1.29 is 22.7 Å². The van der Waals surface area contributed by atoms with Gasteiger partial charge in [0.05, 0.1) is 18.8 Å². The third kappa shape index (κ3) is 7.85. The minimum absolute atomic E-state index is 0.0569. The molecule has 2 amide bonds. The summed E-state index contributed by atoms with van der Waals surface area (Å²) in [7, 11) is -3.42. The number of urea groups is 1. The second-order valence-electron chi connectivity index (χ2n) is 6.83. The lowest BCUT2D eigenvalue weighted by molar-refractivity contribution is -0.142. The van der Waals surface area contributed by atoms with E-state index in [-0.39, 0.29) is 36.6 Å². The first-order valence-corrected chi connectivity index (χ1v) is 11.2. The molecule has 0 bridgehead atoms. The number of carbonyl (C=O) groups is 2. The summed E-state index contributed by atoms with van der Waals surface area (Å²) in [5, 5.41) is 2.71. The average molecular weight is 412 g/mol. The van der Waals surface area contributed by atoms with Gasteiger partial charge < -0.3 is 15.0 Å². The molecule has 0 unspecified atom stereocenters. The number of piperidine rings is 1. The van der Waals surface area contributed by atoms with E-state index in [0.717, 1.165) is 18.4 Å². The molecule has 1 heterocycles. The highest BCUT2D eigenvalue weighted by atomic mass is 32.2. The summed E-state index contributed by atoms with van der Waals surface area (Å²) in [6.07, 6.45) is 1.81. The van der Waals surface area contributed by atoms with Crippen molar-refractivity contribution in [2.75, 3.05) is 32.8 Å². The molecule has 0 aliphatic carbocycles. The summed E-state index contributed by atoms with van der Waals surface area (Å²) >= 11 is 0. The smallest absolute Gasteiger partial charge is 0.317 e. The lowest BCUT2D eigenvalue weighted by atomic mass is 9.99. The van der Waals surface area contributed by atoms with E-state index in [2.05, 4.69) is 10.0 Å². The Morgan fingerprint density at radius 1 is 1.25 bits per heavy atom. The van der Waals surface area contributed by atoms with Crippen molar-refractivity contribution >= 4 is 22.0 Å². The van der Waals surface area contributed by atoms with Crippen molar-refractivity contribution in [1.29, 1.82) is 0 Å². The topological polar surface area (TPSA) is 105 Å². The number of sulfonamides is 1. The van der Waals surface area contributed by atoms with Gasteiger partial charge >= 0.3 is 12.0 Å². The van der Waals surface area contributed by atoms with E-state index in [4.69, 9.17) is 4.74 Å². The van der Waals surface area contributed by atoms with Crippen LogP contribution in [0.5, 0.6) is 0 Å². The van der Waals surface area contributed by atoms with E-state index in [0.29, 0.717) is 26.2 Å². The second-order valence-corrected chi connectivity index (χ2v) is 8.64. The van der Waals surface area contributed by atoms with Gasteiger partial charge in [0.1, 0.15) is 0 Å². The van der Waals surface area contributed by atoms with Gasteiger partial charge in [-0.3, -0.25) is 4.79 Å². The maximum absolute atomic E-state index is 12.3. The molecule has 1 saturated heterocycles. The number of hydrogen-bond acceptors (Lipinski definition) is 5. The molecular formula is C19H29N3O5S. The van der Waals surface area contributed by atoms with Gasteiger partial charge in [-0.05, 0) is 31.2 Å². The summed E-state index contributed by atoms with van der Waals surface area (Å²) in [4.78, 5) is 25.2. The Hall–Kier alpha value is -2.13. The van der Waals surface area contributed by atoms with Crippen molar-refractivity contribution in [1.82, 2.24) is 14.9 Å². The summed E-state index contributed by atoms with van der Waals surface area (Å²) in [5.74, 6) is -0.333. The minimum atomic E-state index is -3.42. The van der Waals surface area contributed by atoms with Crippen LogP contribution in [-0.4, -0.2) is 58.1 Å². The molecule has 1 fully saturated rings. The number of benzene rings is 1. The molecule has 1 aromatic carbocycles. The van der Waals surface area contributed by atoms with Crippen molar-refractivity contribution in [3.8, 4) is 0 Å². The first kappa shape index (κ1) is 22.2. The van der Waals surface area contributed by atoms with Gasteiger partial charge in [-0.15, -0.1) is 0 Å². The third-order valence-electron chi connectivity index (χ3n) is 4.51. The average Bonchev–Trinajstić information content (AvgIpc) is 2.67. The number of esters is 1. The predicted octanol–water partition coefficient (Wildman–Crippen LogP) is 1.48. The molecule has 1 aliphatic rings. The van der Waals surface area contributed by atoms with Gasteiger partial charge in [0, 0.05) is 26.2 Å². The van der Waals surface area contributed by atoms with Gasteiger partial charge in [-0.2, -0.15) is 0 Å². The van der Waals surface area contributed by atoms with Crippen LogP contribution in [0.1, 0.15) is 31.7 Å². The maximum Gasteiger partial charge on any atom is 0.317 e. The Bertz CT molecular complexity index is 739. The van der Waals surface area contributed by atoms with E-state index < -0.39 is 10.0 Å². The molecule has 0 saturated carbocycles. The first-order chi connectivity index (χ1) is 13.4. The quantitative estimate of drug-likeness (QED) is 0.599. The molecule has 9 heteroatoms. The van der Waals surface area contributed by atoms with Crippen LogP contribution in [0.4, 0.5) is 4.79 Å². The Labute approximate surface area is 166 Å². The van der Waals surface area contributed by atoms with E-state index in [9.17, 15) is 18.0 Å². The minimum Gasteiger partial charge on any atom is -0.466 e. The first-order valence-electron chi connectivity index (χ1n) is 9.59. The Kier molecular flexibility index (Phi) is 8.72. The molecule has 1 aliphatic heterocycles. The molecule has 0 spiro atoms. The van der Waals surface area contributed by atoms with Crippen LogP contribution in [0.25, 0.3) is 0 Å². The zero-order chi connectivity index (χ0) is 20.4. The summed E-state index contributed by atoms with van der Waals surface area (Å²) in [6.45, 7) is 3.70. The highest BCUT2D eigenvalue weighted by Gasteiger charge is 2.25. The normalized spacial score (nSPS) is 17.2. The van der Waals surface area contributed by atoms with Crippen LogP contribution >= 0.6 is 0 Å². The van der Waals surface area contributed by atoms with E-state index >= 15 is 0 Å². The lowest BCUT2D eigenvalue weighted by Gasteiger charge is -2.32. The van der Waals surface area contributed by atoms with Gasteiger partial charge in [0.25, 0.3) is 0 Å². The van der Waals surface area contributed by atoms with E-state index in [1.165, 1.54) is 0 Å².